The summed E-state index contributed by atoms with van der Waals surface area (Å²) in [5.74, 6) is 0. The molecule has 1 heterocycles. The highest BCUT2D eigenvalue weighted by Gasteiger charge is 2.46. The molecule has 106 valence electrons. The van der Waals surface area contributed by atoms with Crippen molar-refractivity contribution < 1.29 is 5.11 Å². The minimum atomic E-state index is -0.721. The average Bonchev–Trinajstić information content (AvgIpc) is 2.67. The number of aliphatic hydroxyl groups excluding tert-OH is 1. The van der Waals surface area contributed by atoms with Gasteiger partial charge >= 0.3 is 0 Å². The average molecular weight is 280 g/mol. The van der Waals surface area contributed by atoms with Crippen molar-refractivity contribution >= 4 is 0 Å². The van der Waals surface area contributed by atoms with Crippen LogP contribution < -0.4 is 5.56 Å². The van der Waals surface area contributed by atoms with Crippen LogP contribution in [-0.2, 0) is 5.41 Å². The molecule has 1 aliphatic carbocycles. The number of pyridine rings is 1. The molecular formula is C17H16N2O2. The number of aliphatic hydroxyl groups is 1. The van der Waals surface area contributed by atoms with E-state index < -0.39 is 17.6 Å². The van der Waals surface area contributed by atoms with Crippen LogP contribution in [0.3, 0.4) is 0 Å². The standard InChI is InChI=1S/C17H16N2O2/c1-17(2)13-7-6-11(10-18)9-12(13)15(16(17)21)19-8-4-3-5-14(19)20/h3-9,15-16,21H,1-2H3/t15-,16+/m1/s1. The predicted octanol–water partition coefficient (Wildman–Crippen LogP) is 1.96. The second-order valence-corrected chi connectivity index (χ2v) is 5.97. The smallest absolute Gasteiger partial charge is 0.251 e. The minimum Gasteiger partial charge on any atom is -0.390 e. The summed E-state index contributed by atoms with van der Waals surface area (Å²) in [6, 6.07) is 12.0. The van der Waals surface area contributed by atoms with Crippen molar-refractivity contribution in [2.75, 3.05) is 0 Å². The Morgan fingerprint density at radius 1 is 1.29 bits per heavy atom. The molecule has 0 saturated carbocycles. The monoisotopic (exact) mass is 280 g/mol. The van der Waals surface area contributed by atoms with Crippen LogP contribution in [-0.4, -0.2) is 15.8 Å². The molecule has 1 aromatic heterocycles. The first-order valence-electron chi connectivity index (χ1n) is 6.86. The second-order valence-electron chi connectivity index (χ2n) is 5.97. The maximum absolute atomic E-state index is 12.1. The molecule has 1 N–H and O–H groups in total. The molecule has 0 radical (unpaired) electrons. The Labute approximate surface area is 122 Å². The van der Waals surface area contributed by atoms with Gasteiger partial charge in [-0.05, 0) is 29.3 Å². The van der Waals surface area contributed by atoms with Crippen LogP contribution >= 0.6 is 0 Å². The predicted molar refractivity (Wildman–Crippen MR) is 79.0 cm³/mol. The summed E-state index contributed by atoms with van der Waals surface area (Å²) < 4.78 is 1.54. The van der Waals surface area contributed by atoms with Crippen molar-refractivity contribution in [1.82, 2.24) is 4.57 Å². The van der Waals surface area contributed by atoms with Gasteiger partial charge in [-0.1, -0.05) is 26.0 Å². The Kier molecular flexibility index (Phi) is 2.96. The largest absolute Gasteiger partial charge is 0.390 e. The van der Waals surface area contributed by atoms with E-state index in [1.165, 1.54) is 6.07 Å². The fourth-order valence-corrected chi connectivity index (χ4v) is 3.16. The summed E-state index contributed by atoms with van der Waals surface area (Å²) >= 11 is 0. The molecule has 0 fully saturated rings. The van der Waals surface area contributed by atoms with Gasteiger partial charge in [0, 0.05) is 17.7 Å². The maximum atomic E-state index is 12.1. The summed E-state index contributed by atoms with van der Waals surface area (Å²) in [6.45, 7) is 3.91. The first-order valence-corrected chi connectivity index (χ1v) is 6.86. The van der Waals surface area contributed by atoms with Crippen molar-refractivity contribution in [2.24, 2.45) is 0 Å². The van der Waals surface area contributed by atoms with Crippen molar-refractivity contribution in [3.63, 3.8) is 0 Å². The van der Waals surface area contributed by atoms with Gasteiger partial charge in [-0.25, -0.2) is 0 Å². The molecule has 0 saturated heterocycles. The van der Waals surface area contributed by atoms with Gasteiger partial charge in [0.2, 0.25) is 0 Å². The third-order valence-electron chi connectivity index (χ3n) is 4.38. The normalized spacial score (nSPS) is 22.6. The molecule has 0 bridgehead atoms. The highest BCUT2D eigenvalue weighted by Crippen LogP contribution is 2.46. The van der Waals surface area contributed by atoms with Crippen molar-refractivity contribution in [1.29, 1.82) is 5.26 Å². The van der Waals surface area contributed by atoms with Crippen LogP contribution in [0.5, 0.6) is 0 Å². The van der Waals surface area contributed by atoms with Gasteiger partial charge in [0.1, 0.15) is 0 Å². The molecule has 4 nitrogen and oxygen atoms in total. The van der Waals surface area contributed by atoms with E-state index in [4.69, 9.17) is 5.26 Å². The summed E-state index contributed by atoms with van der Waals surface area (Å²) in [6.07, 6.45) is 0.960. The van der Waals surface area contributed by atoms with Crippen LogP contribution in [0.2, 0.25) is 0 Å². The van der Waals surface area contributed by atoms with Gasteiger partial charge in [-0.3, -0.25) is 4.79 Å². The van der Waals surface area contributed by atoms with E-state index in [1.807, 2.05) is 19.9 Å². The number of rotatable bonds is 1. The number of hydrogen-bond acceptors (Lipinski definition) is 3. The lowest BCUT2D eigenvalue weighted by Gasteiger charge is -2.27. The third kappa shape index (κ3) is 1.90. The van der Waals surface area contributed by atoms with E-state index in [2.05, 4.69) is 6.07 Å². The lowest BCUT2D eigenvalue weighted by molar-refractivity contribution is 0.0799. The molecule has 0 unspecified atom stereocenters. The van der Waals surface area contributed by atoms with Crippen LogP contribution in [0.1, 0.15) is 36.6 Å². The highest BCUT2D eigenvalue weighted by atomic mass is 16.3. The Morgan fingerprint density at radius 2 is 2.05 bits per heavy atom. The number of nitrogens with zero attached hydrogens (tertiary/aromatic N) is 2. The van der Waals surface area contributed by atoms with Crippen LogP contribution in [0.15, 0.2) is 47.4 Å². The van der Waals surface area contributed by atoms with Gasteiger partial charge in [0.15, 0.2) is 0 Å². The summed E-state index contributed by atoms with van der Waals surface area (Å²) in [4.78, 5) is 12.1. The molecule has 4 heteroatoms. The fraction of sp³-hybridized carbons (Fsp3) is 0.294. The van der Waals surface area contributed by atoms with Crippen molar-refractivity contribution in [2.45, 2.75) is 31.4 Å². The van der Waals surface area contributed by atoms with Crippen molar-refractivity contribution in [3.8, 4) is 6.07 Å². The Morgan fingerprint density at radius 3 is 2.71 bits per heavy atom. The number of fused-ring (bicyclic) bond motifs is 1. The highest BCUT2D eigenvalue weighted by molar-refractivity contribution is 5.48. The zero-order valence-corrected chi connectivity index (χ0v) is 11.9. The van der Waals surface area contributed by atoms with Gasteiger partial charge in [-0.2, -0.15) is 5.26 Å². The van der Waals surface area contributed by atoms with Crippen LogP contribution in [0.25, 0.3) is 0 Å². The molecule has 1 aromatic carbocycles. The molecule has 3 rings (SSSR count). The third-order valence-corrected chi connectivity index (χ3v) is 4.38. The zero-order valence-electron chi connectivity index (χ0n) is 11.9. The molecule has 2 atom stereocenters. The molecule has 21 heavy (non-hydrogen) atoms. The lowest BCUT2D eigenvalue weighted by Crippen LogP contribution is -2.37. The van der Waals surface area contributed by atoms with Gasteiger partial charge in [0.05, 0.1) is 23.8 Å². The molecule has 0 aliphatic heterocycles. The zero-order chi connectivity index (χ0) is 15.2. The first-order chi connectivity index (χ1) is 9.96. The van der Waals surface area contributed by atoms with E-state index in [1.54, 1.807) is 35.0 Å². The Bertz CT molecular complexity index is 799. The second kappa shape index (κ2) is 4.57. The minimum absolute atomic E-state index is 0.160. The summed E-state index contributed by atoms with van der Waals surface area (Å²) in [7, 11) is 0. The molecule has 1 aliphatic rings. The van der Waals surface area contributed by atoms with Gasteiger partial charge in [-0.15, -0.1) is 0 Å². The lowest BCUT2D eigenvalue weighted by atomic mass is 9.84. The quantitative estimate of drug-likeness (QED) is 0.868. The SMILES string of the molecule is CC1(C)c2ccc(C#N)cc2[C@@H](n2ccccc2=O)[C@@H]1O. The van der Waals surface area contributed by atoms with E-state index in [9.17, 15) is 9.90 Å². The van der Waals surface area contributed by atoms with Gasteiger partial charge in [0.25, 0.3) is 5.56 Å². The van der Waals surface area contributed by atoms with E-state index in [0.717, 1.165) is 11.1 Å². The van der Waals surface area contributed by atoms with Crippen LogP contribution in [0.4, 0.5) is 0 Å². The van der Waals surface area contributed by atoms with Crippen LogP contribution in [0, 0.1) is 11.3 Å². The first kappa shape index (κ1) is 13.6. The van der Waals surface area contributed by atoms with Crippen molar-refractivity contribution in [3.05, 3.63) is 69.6 Å². The molecule has 0 amide bonds. The topological polar surface area (TPSA) is 66.0 Å². The number of benzene rings is 1. The Hall–Kier alpha value is -2.38. The fourth-order valence-electron chi connectivity index (χ4n) is 3.16. The maximum Gasteiger partial charge on any atom is 0.251 e. The summed E-state index contributed by atoms with van der Waals surface area (Å²) in [5.41, 5.74) is 1.73. The van der Waals surface area contributed by atoms with Gasteiger partial charge < -0.3 is 9.67 Å². The van der Waals surface area contributed by atoms with E-state index in [0.29, 0.717) is 5.56 Å². The number of aromatic nitrogens is 1. The Balaban J connectivity index is 2.27. The number of nitriles is 1. The number of hydrogen-bond donors (Lipinski definition) is 1. The van der Waals surface area contributed by atoms with E-state index >= 15 is 0 Å². The van der Waals surface area contributed by atoms with E-state index in [-0.39, 0.29) is 5.56 Å². The molecule has 0 spiro atoms. The summed E-state index contributed by atoms with van der Waals surface area (Å²) in [5, 5.41) is 19.8. The molecular weight excluding hydrogens is 264 g/mol. The molecule has 2 aromatic rings.